The topological polar surface area (TPSA) is 42.3 Å². The lowest BCUT2D eigenvalue weighted by Crippen LogP contribution is -2.58. The van der Waals surface area contributed by atoms with Gasteiger partial charge in [-0.25, -0.2) is 0 Å². The van der Waals surface area contributed by atoms with Gasteiger partial charge in [-0.05, 0) is 44.6 Å². The van der Waals surface area contributed by atoms with Gasteiger partial charge in [-0.2, -0.15) is 5.26 Å². The monoisotopic (exact) mass is 276 g/mol. The summed E-state index contributed by atoms with van der Waals surface area (Å²) in [5, 5.41) is 13.3. The molecule has 3 rings (SSSR count). The van der Waals surface area contributed by atoms with Crippen molar-refractivity contribution < 1.29 is 0 Å². The molecule has 1 saturated heterocycles. The third-order valence-corrected chi connectivity index (χ3v) is 5.11. The van der Waals surface area contributed by atoms with Crippen molar-refractivity contribution in [2.75, 3.05) is 39.3 Å². The molecule has 20 heavy (non-hydrogen) atoms. The van der Waals surface area contributed by atoms with Crippen LogP contribution in [0.2, 0.25) is 0 Å². The van der Waals surface area contributed by atoms with Crippen molar-refractivity contribution in [3.05, 3.63) is 0 Å². The van der Waals surface area contributed by atoms with E-state index in [1.165, 1.54) is 38.8 Å². The zero-order valence-corrected chi connectivity index (χ0v) is 12.8. The summed E-state index contributed by atoms with van der Waals surface area (Å²) in [6.45, 7) is 8.74. The van der Waals surface area contributed by atoms with Gasteiger partial charge in [-0.3, -0.25) is 15.1 Å². The highest BCUT2D eigenvalue weighted by atomic mass is 15.3. The molecule has 4 heteroatoms. The molecule has 1 atom stereocenters. The third kappa shape index (κ3) is 3.16. The number of nitrogens with one attached hydrogen (secondary N) is 1. The second-order valence-electron chi connectivity index (χ2n) is 6.83. The molecule has 0 radical (unpaired) electrons. The standard InChI is InChI=1S/C16H28N4/c1-2-7-18-16(12-17,14-3-4-14)13-19-8-10-20(11-9-19)15-5-6-15/h14-15,18H,2-11,13H2,1H3. The van der Waals surface area contributed by atoms with Crippen molar-refractivity contribution in [2.24, 2.45) is 5.92 Å². The summed E-state index contributed by atoms with van der Waals surface area (Å²) in [5.74, 6) is 0.584. The predicted molar refractivity (Wildman–Crippen MR) is 80.4 cm³/mol. The Morgan fingerprint density at radius 1 is 1.15 bits per heavy atom. The third-order valence-electron chi connectivity index (χ3n) is 5.11. The second-order valence-corrected chi connectivity index (χ2v) is 6.83. The molecule has 0 aromatic carbocycles. The second kappa shape index (κ2) is 6.01. The molecule has 3 fully saturated rings. The van der Waals surface area contributed by atoms with E-state index in [-0.39, 0.29) is 5.54 Å². The van der Waals surface area contributed by atoms with Crippen LogP contribution < -0.4 is 5.32 Å². The van der Waals surface area contributed by atoms with Crippen LogP contribution in [0.1, 0.15) is 39.0 Å². The molecule has 112 valence electrons. The van der Waals surface area contributed by atoms with Crippen molar-refractivity contribution >= 4 is 0 Å². The average molecular weight is 276 g/mol. The number of rotatable bonds is 7. The smallest absolute Gasteiger partial charge is 0.122 e. The molecule has 0 amide bonds. The van der Waals surface area contributed by atoms with Gasteiger partial charge in [-0.15, -0.1) is 0 Å². The number of hydrogen-bond donors (Lipinski definition) is 1. The minimum absolute atomic E-state index is 0.280. The first-order valence-corrected chi connectivity index (χ1v) is 8.40. The summed E-state index contributed by atoms with van der Waals surface area (Å²) in [7, 11) is 0. The summed E-state index contributed by atoms with van der Waals surface area (Å²) in [4.78, 5) is 5.16. The van der Waals surface area contributed by atoms with E-state index in [1.807, 2.05) is 0 Å². The molecule has 1 N–H and O–H groups in total. The lowest BCUT2D eigenvalue weighted by atomic mass is 9.93. The fraction of sp³-hybridized carbons (Fsp3) is 0.938. The maximum Gasteiger partial charge on any atom is 0.122 e. The lowest BCUT2D eigenvalue weighted by Gasteiger charge is -2.39. The van der Waals surface area contributed by atoms with Crippen LogP contribution in [0.15, 0.2) is 0 Å². The molecular weight excluding hydrogens is 248 g/mol. The van der Waals surface area contributed by atoms with E-state index in [2.05, 4.69) is 28.1 Å². The highest BCUT2D eigenvalue weighted by Gasteiger charge is 2.46. The van der Waals surface area contributed by atoms with Crippen molar-refractivity contribution in [2.45, 2.75) is 50.6 Å². The van der Waals surface area contributed by atoms with Gasteiger partial charge in [-0.1, -0.05) is 6.92 Å². The van der Waals surface area contributed by atoms with E-state index in [0.29, 0.717) is 5.92 Å². The fourth-order valence-electron chi connectivity index (χ4n) is 3.50. The summed E-state index contributed by atoms with van der Waals surface area (Å²) in [5.41, 5.74) is -0.280. The van der Waals surface area contributed by atoms with Crippen LogP contribution >= 0.6 is 0 Å². The Balaban J connectivity index is 1.54. The Labute approximate surface area is 123 Å². The summed E-state index contributed by atoms with van der Waals surface area (Å²) in [6.07, 6.45) is 6.37. The molecule has 3 aliphatic rings. The van der Waals surface area contributed by atoms with Crippen molar-refractivity contribution in [3.63, 3.8) is 0 Å². The Kier molecular flexibility index (Phi) is 4.30. The van der Waals surface area contributed by atoms with Gasteiger partial charge in [0, 0.05) is 38.8 Å². The first-order chi connectivity index (χ1) is 9.77. The van der Waals surface area contributed by atoms with Crippen molar-refractivity contribution in [3.8, 4) is 6.07 Å². The largest absolute Gasteiger partial charge is 0.298 e. The first kappa shape index (κ1) is 14.3. The van der Waals surface area contributed by atoms with Crippen LogP contribution in [0, 0.1) is 17.2 Å². The highest BCUT2D eigenvalue weighted by Crippen LogP contribution is 2.40. The van der Waals surface area contributed by atoms with E-state index >= 15 is 0 Å². The van der Waals surface area contributed by atoms with E-state index in [1.54, 1.807) is 0 Å². The zero-order chi connectivity index (χ0) is 14.0. The molecule has 4 nitrogen and oxygen atoms in total. The lowest BCUT2D eigenvalue weighted by molar-refractivity contribution is 0.103. The van der Waals surface area contributed by atoms with Gasteiger partial charge >= 0.3 is 0 Å². The molecule has 0 bridgehead atoms. The minimum Gasteiger partial charge on any atom is -0.298 e. The van der Waals surface area contributed by atoms with Crippen molar-refractivity contribution in [1.82, 2.24) is 15.1 Å². The number of nitriles is 1. The fourth-order valence-corrected chi connectivity index (χ4v) is 3.50. The number of piperazine rings is 1. The highest BCUT2D eigenvalue weighted by molar-refractivity contribution is 5.17. The molecule has 1 aliphatic heterocycles. The number of nitrogens with zero attached hydrogens (tertiary/aromatic N) is 3. The van der Waals surface area contributed by atoms with Crippen LogP contribution in [0.5, 0.6) is 0 Å². The molecule has 0 aromatic rings. The van der Waals surface area contributed by atoms with Crippen LogP contribution in [-0.4, -0.2) is 60.6 Å². The van der Waals surface area contributed by atoms with Crippen LogP contribution in [0.3, 0.4) is 0 Å². The average Bonchev–Trinajstić information content (AvgIpc) is 3.35. The molecule has 1 unspecified atom stereocenters. The van der Waals surface area contributed by atoms with E-state index in [9.17, 15) is 5.26 Å². The van der Waals surface area contributed by atoms with Gasteiger partial charge in [0.05, 0.1) is 6.07 Å². The predicted octanol–water partition coefficient (Wildman–Crippen LogP) is 1.44. The molecule has 0 aromatic heterocycles. The molecule has 2 saturated carbocycles. The Morgan fingerprint density at radius 3 is 2.35 bits per heavy atom. The van der Waals surface area contributed by atoms with Gasteiger partial charge in [0.25, 0.3) is 0 Å². The van der Waals surface area contributed by atoms with E-state index < -0.39 is 0 Å². The Hall–Kier alpha value is -0.630. The summed E-state index contributed by atoms with van der Waals surface area (Å²) < 4.78 is 0. The molecule has 0 spiro atoms. The number of hydrogen-bond acceptors (Lipinski definition) is 4. The normalized spacial score (nSPS) is 28.0. The maximum atomic E-state index is 9.74. The van der Waals surface area contributed by atoms with Crippen LogP contribution in [0.25, 0.3) is 0 Å². The maximum absolute atomic E-state index is 9.74. The first-order valence-electron chi connectivity index (χ1n) is 8.40. The van der Waals surface area contributed by atoms with Crippen molar-refractivity contribution in [1.29, 1.82) is 5.26 Å². The zero-order valence-electron chi connectivity index (χ0n) is 12.8. The minimum atomic E-state index is -0.280. The van der Waals surface area contributed by atoms with Gasteiger partial charge in [0.2, 0.25) is 0 Å². The van der Waals surface area contributed by atoms with Crippen LogP contribution in [-0.2, 0) is 0 Å². The quantitative estimate of drug-likeness (QED) is 0.764. The SMILES string of the molecule is CCCNC(C#N)(CN1CCN(C2CC2)CC1)C1CC1. The van der Waals surface area contributed by atoms with Gasteiger partial charge in [0.1, 0.15) is 5.54 Å². The Bertz CT molecular complexity index is 361. The van der Waals surface area contributed by atoms with E-state index in [4.69, 9.17) is 0 Å². The molecular formula is C16H28N4. The van der Waals surface area contributed by atoms with Gasteiger partial charge < -0.3 is 0 Å². The van der Waals surface area contributed by atoms with E-state index in [0.717, 1.165) is 38.6 Å². The van der Waals surface area contributed by atoms with Gasteiger partial charge in [0.15, 0.2) is 0 Å². The molecule has 2 aliphatic carbocycles. The summed E-state index contributed by atoms with van der Waals surface area (Å²) >= 11 is 0. The summed E-state index contributed by atoms with van der Waals surface area (Å²) in [6, 6.07) is 3.53. The molecule has 1 heterocycles. The van der Waals surface area contributed by atoms with Crippen LogP contribution in [0.4, 0.5) is 0 Å². The Morgan fingerprint density at radius 2 is 1.85 bits per heavy atom.